The van der Waals surface area contributed by atoms with Crippen molar-refractivity contribution in [1.82, 2.24) is 15.1 Å². The second-order valence-corrected chi connectivity index (χ2v) is 5.36. The normalized spacial score (nSPS) is 24.1. The van der Waals surface area contributed by atoms with Crippen molar-refractivity contribution in [2.75, 3.05) is 40.3 Å². The van der Waals surface area contributed by atoms with E-state index in [-0.39, 0.29) is 0 Å². The summed E-state index contributed by atoms with van der Waals surface area (Å²) in [5.41, 5.74) is 0. The summed E-state index contributed by atoms with van der Waals surface area (Å²) in [6.45, 7) is 8.78. The molecule has 1 aliphatic rings. The lowest BCUT2D eigenvalue weighted by Crippen LogP contribution is -2.52. The summed E-state index contributed by atoms with van der Waals surface area (Å²) < 4.78 is 0. The van der Waals surface area contributed by atoms with Crippen LogP contribution in [0.5, 0.6) is 0 Å². The molecule has 0 aromatic carbocycles. The van der Waals surface area contributed by atoms with E-state index in [9.17, 15) is 0 Å². The van der Waals surface area contributed by atoms with Crippen LogP contribution in [0.1, 0.15) is 33.1 Å². The van der Waals surface area contributed by atoms with E-state index in [0.717, 1.165) is 19.5 Å². The van der Waals surface area contributed by atoms with E-state index in [1.54, 1.807) is 0 Å². The Bertz CT molecular complexity index is 279. The molecule has 0 aromatic heterocycles. The van der Waals surface area contributed by atoms with E-state index >= 15 is 0 Å². The maximum atomic E-state index is 3.68. The van der Waals surface area contributed by atoms with Crippen LogP contribution in [0.25, 0.3) is 0 Å². The Kier molecular flexibility index (Phi) is 7.34. The second-order valence-electron chi connectivity index (χ2n) is 5.36. The first kappa shape index (κ1) is 15.5. The molecular weight excluding hydrogens is 222 g/mol. The summed E-state index contributed by atoms with van der Waals surface area (Å²) in [5, 5.41) is 3.68. The molecule has 104 valence electrons. The third-order valence-corrected chi connectivity index (χ3v) is 3.74. The summed E-state index contributed by atoms with van der Waals surface area (Å²) in [6, 6.07) is 1.06. The van der Waals surface area contributed by atoms with Gasteiger partial charge < -0.3 is 15.1 Å². The van der Waals surface area contributed by atoms with E-state index in [0.29, 0.717) is 12.1 Å². The van der Waals surface area contributed by atoms with Gasteiger partial charge in [-0.2, -0.15) is 0 Å². The Morgan fingerprint density at radius 1 is 1.33 bits per heavy atom. The molecule has 0 bridgehead atoms. The maximum Gasteiger partial charge on any atom is 0.0382 e. The highest BCUT2D eigenvalue weighted by Gasteiger charge is 2.27. The number of hydrogen-bond donors (Lipinski definition) is 1. The molecule has 1 fully saturated rings. The molecule has 0 radical (unpaired) electrons. The summed E-state index contributed by atoms with van der Waals surface area (Å²) in [6.07, 6.45) is 3.41. The largest absolute Gasteiger partial charge is 0.311 e. The van der Waals surface area contributed by atoms with E-state index in [2.05, 4.69) is 48.0 Å². The lowest BCUT2D eigenvalue weighted by Gasteiger charge is -2.34. The minimum atomic E-state index is 0.489. The summed E-state index contributed by atoms with van der Waals surface area (Å²) in [4.78, 5) is 4.96. The first-order valence-corrected chi connectivity index (χ1v) is 7.20. The van der Waals surface area contributed by atoms with Crippen LogP contribution in [0, 0.1) is 11.8 Å². The molecule has 0 spiro atoms. The molecule has 2 unspecified atom stereocenters. The average molecular weight is 251 g/mol. The van der Waals surface area contributed by atoms with Gasteiger partial charge in [0, 0.05) is 25.0 Å². The minimum Gasteiger partial charge on any atom is -0.311 e. The Balaban J connectivity index is 2.67. The van der Waals surface area contributed by atoms with Gasteiger partial charge in [0.1, 0.15) is 0 Å². The smallest absolute Gasteiger partial charge is 0.0382 e. The average Bonchev–Trinajstić information content (AvgIpc) is 2.52. The van der Waals surface area contributed by atoms with Gasteiger partial charge in [0.15, 0.2) is 0 Å². The Hall–Kier alpha value is -0.560. The number of hydrogen-bond acceptors (Lipinski definition) is 3. The van der Waals surface area contributed by atoms with Gasteiger partial charge in [-0.15, -0.1) is 11.8 Å². The van der Waals surface area contributed by atoms with Crippen molar-refractivity contribution in [2.24, 2.45) is 0 Å². The first-order chi connectivity index (χ1) is 8.69. The molecule has 1 N–H and O–H groups in total. The second kappa shape index (κ2) is 8.53. The van der Waals surface area contributed by atoms with Crippen LogP contribution in [-0.2, 0) is 0 Å². The van der Waals surface area contributed by atoms with Crippen LogP contribution in [0.2, 0.25) is 0 Å². The lowest BCUT2D eigenvalue weighted by atomic mass is 10.0. The highest BCUT2D eigenvalue weighted by Crippen LogP contribution is 2.12. The number of nitrogens with zero attached hydrogens (tertiary/aromatic N) is 2. The summed E-state index contributed by atoms with van der Waals surface area (Å²) in [5.74, 6) is 6.29. The molecule has 0 saturated carbocycles. The quantitative estimate of drug-likeness (QED) is 0.745. The van der Waals surface area contributed by atoms with Gasteiger partial charge in [-0.05, 0) is 53.5 Å². The molecule has 1 saturated heterocycles. The molecule has 0 amide bonds. The SMILES string of the molecule is CC#CCC(NCCC)C1CN(C)CCCN1C. The predicted molar refractivity (Wildman–Crippen MR) is 78.7 cm³/mol. The van der Waals surface area contributed by atoms with Crippen LogP contribution < -0.4 is 5.32 Å². The van der Waals surface area contributed by atoms with Crippen LogP contribution in [0.15, 0.2) is 0 Å². The fourth-order valence-corrected chi connectivity index (χ4v) is 2.63. The molecule has 18 heavy (non-hydrogen) atoms. The van der Waals surface area contributed by atoms with Crippen LogP contribution in [0.3, 0.4) is 0 Å². The zero-order valence-corrected chi connectivity index (χ0v) is 12.5. The number of likely N-dealkylation sites (N-methyl/N-ethyl adjacent to an activating group) is 2. The predicted octanol–water partition coefficient (Wildman–Crippen LogP) is 1.40. The molecule has 3 nitrogen and oxygen atoms in total. The summed E-state index contributed by atoms with van der Waals surface area (Å²) >= 11 is 0. The number of nitrogens with one attached hydrogen (secondary N) is 1. The maximum absolute atomic E-state index is 3.68. The number of rotatable bonds is 5. The van der Waals surface area contributed by atoms with Gasteiger partial charge in [-0.1, -0.05) is 6.92 Å². The van der Waals surface area contributed by atoms with Crippen molar-refractivity contribution in [3.63, 3.8) is 0 Å². The van der Waals surface area contributed by atoms with Crippen molar-refractivity contribution in [3.8, 4) is 11.8 Å². The summed E-state index contributed by atoms with van der Waals surface area (Å²) in [7, 11) is 4.48. The van der Waals surface area contributed by atoms with Gasteiger partial charge in [-0.3, -0.25) is 0 Å². The van der Waals surface area contributed by atoms with Crippen molar-refractivity contribution in [3.05, 3.63) is 0 Å². The lowest BCUT2D eigenvalue weighted by molar-refractivity contribution is 0.179. The Labute approximate surface area is 113 Å². The topological polar surface area (TPSA) is 18.5 Å². The Morgan fingerprint density at radius 3 is 2.78 bits per heavy atom. The Morgan fingerprint density at radius 2 is 2.11 bits per heavy atom. The van der Waals surface area contributed by atoms with Crippen LogP contribution in [0.4, 0.5) is 0 Å². The zero-order valence-electron chi connectivity index (χ0n) is 12.5. The molecule has 1 aliphatic heterocycles. The molecule has 1 heterocycles. The van der Waals surface area contributed by atoms with Gasteiger partial charge in [-0.25, -0.2) is 0 Å². The molecule has 0 aromatic rings. The third kappa shape index (κ3) is 4.97. The van der Waals surface area contributed by atoms with Crippen molar-refractivity contribution in [1.29, 1.82) is 0 Å². The highest BCUT2D eigenvalue weighted by atomic mass is 15.2. The molecule has 0 aliphatic carbocycles. The van der Waals surface area contributed by atoms with E-state index < -0.39 is 0 Å². The minimum absolute atomic E-state index is 0.489. The monoisotopic (exact) mass is 251 g/mol. The van der Waals surface area contributed by atoms with Gasteiger partial charge in [0.2, 0.25) is 0 Å². The standard InChI is InChI=1S/C15H29N3/c1-5-7-9-14(16-10-6-2)15-13-17(3)11-8-12-18(15)4/h14-16H,6,8-13H2,1-4H3. The van der Waals surface area contributed by atoms with Crippen molar-refractivity contribution < 1.29 is 0 Å². The van der Waals surface area contributed by atoms with Crippen molar-refractivity contribution >= 4 is 0 Å². The van der Waals surface area contributed by atoms with E-state index in [1.807, 2.05) is 6.92 Å². The van der Waals surface area contributed by atoms with Gasteiger partial charge in [0.05, 0.1) is 0 Å². The molecular formula is C15H29N3. The first-order valence-electron chi connectivity index (χ1n) is 7.20. The fourth-order valence-electron chi connectivity index (χ4n) is 2.63. The van der Waals surface area contributed by atoms with Crippen LogP contribution >= 0.6 is 0 Å². The molecule has 3 heteroatoms. The van der Waals surface area contributed by atoms with E-state index in [1.165, 1.54) is 25.9 Å². The van der Waals surface area contributed by atoms with Gasteiger partial charge in [0.25, 0.3) is 0 Å². The van der Waals surface area contributed by atoms with Gasteiger partial charge >= 0.3 is 0 Å². The van der Waals surface area contributed by atoms with Crippen molar-refractivity contribution in [2.45, 2.75) is 45.2 Å². The fraction of sp³-hybridized carbons (Fsp3) is 0.867. The molecule has 1 rings (SSSR count). The highest BCUT2D eigenvalue weighted by molar-refractivity contribution is 5.01. The van der Waals surface area contributed by atoms with Crippen LogP contribution in [-0.4, -0.2) is 62.2 Å². The third-order valence-electron chi connectivity index (χ3n) is 3.74. The molecule has 2 atom stereocenters. The van der Waals surface area contributed by atoms with E-state index in [4.69, 9.17) is 0 Å². The zero-order chi connectivity index (χ0) is 13.4.